The third kappa shape index (κ3) is 5.45. The Bertz CT molecular complexity index is 347. The molecule has 0 aliphatic carbocycles. The van der Waals surface area contributed by atoms with E-state index in [2.05, 4.69) is 38.3 Å². The van der Waals surface area contributed by atoms with E-state index in [1.165, 1.54) is 41.7 Å². The van der Waals surface area contributed by atoms with Gasteiger partial charge in [-0.05, 0) is 66.8 Å². The van der Waals surface area contributed by atoms with Crippen LogP contribution in [0.25, 0.3) is 0 Å². The summed E-state index contributed by atoms with van der Waals surface area (Å²) in [5, 5.41) is 0. The fourth-order valence-electron chi connectivity index (χ4n) is 2.11. The fourth-order valence-corrected chi connectivity index (χ4v) is 2.55. The van der Waals surface area contributed by atoms with Crippen molar-refractivity contribution in [1.29, 1.82) is 0 Å². The number of unbranched alkanes of at least 4 members (excludes halogenated alkanes) is 1. The lowest BCUT2D eigenvalue weighted by molar-refractivity contribution is 0.741. The van der Waals surface area contributed by atoms with Crippen LogP contribution in [-0.4, -0.2) is 18.6 Å². The van der Waals surface area contributed by atoms with Gasteiger partial charge in [-0.3, -0.25) is 0 Å². The topological polar surface area (TPSA) is 26.0 Å². The van der Waals surface area contributed by atoms with Crippen molar-refractivity contribution < 1.29 is 0 Å². The quantitative estimate of drug-likeness (QED) is 0.719. The van der Waals surface area contributed by atoms with Gasteiger partial charge in [-0.2, -0.15) is 11.8 Å². The van der Waals surface area contributed by atoms with E-state index in [1.54, 1.807) is 0 Å². The van der Waals surface area contributed by atoms with Crippen LogP contribution in [-0.2, 0) is 12.8 Å². The molecule has 0 saturated heterocycles. The number of aryl methyl sites for hydroxylation is 2. The van der Waals surface area contributed by atoms with Crippen molar-refractivity contribution in [3.63, 3.8) is 0 Å². The first-order valence-corrected chi connectivity index (χ1v) is 8.38. The van der Waals surface area contributed by atoms with E-state index in [9.17, 15) is 0 Å². The fraction of sp³-hybridized carbons (Fsp3) is 0.625. The average Bonchev–Trinajstić information content (AvgIpc) is 2.36. The monoisotopic (exact) mass is 265 g/mol. The standard InChI is InChI=1S/C16H27NS/c1-13(2)16-11-14(6-4-5-8-17)10-15(12-16)7-9-18-3/h10-13H,4-9,17H2,1-3H3. The van der Waals surface area contributed by atoms with Crippen molar-refractivity contribution in [2.45, 2.75) is 45.4 Å². The normalized spacial score (nSPS) is 11.2. The zero-order chi connectivity index (χ0) is 13.4. The van der Waals surface area contributed by atoms with Gasteiger partial charge in [-0.15, -0.1) is 0 Å². The van der Waals surface area contributed by atoms with Crippen LogP contribution in [0.2, 0.25) is 0 Å². The van der Waals surface area contributed by atoms with Crippen LogP contribution in [0.3, 0.4) is 0 Å². The number of hydrogen-bond donors (Lipinski definition) is 1. The molecule has 0 aliphatic rings. The molecule has 0 fully saturated rings. The number of nitrogens with two attached hydrogens (primary N) is 1. The maximum absolute atomic E-state index is 5.56. The lowest BCUT2D eigenvalue weighted by atomic mass is 9.95. The molecule has 0 radical (unpaired) electrons. The van der Waals surface area contributed by atoms with Gasteiger partial charge in [-0.25, -0.2) is 0 Å². The Morgan fingerprint density at radius 1 is 1.06 bits per heavy atom. The van der Waals surface area contributed by atoms with Gasteiger partial charge in [0.25, 0.3) is 0 Å². The first-order valence-electron chi connectivity index (χ1n) is 6.99. The van der Waals surface area contributed by atoms with E-state index < -0.39 is 0 Å². The molecule has 102 valence electrons. The van der Waals surface area contributed by atoms with Crippen molar-refractivity contribution in [2.75, 3.05) is 18.6 Å². The molecule has 0 amide bonds. The summed E-state index contributed by atoms with van der Waals surface area (Å²) in [6, 6.07) is 7.15. The van der Waals surface area contributed by atoms with Gasteiger partial charge >= 0.3 is 0 Å². The predicted octanol–water partition coefficient (Wildman–Crippen LogP) is 4.00. The highest BCUT2D eigenvalue weighted by molar-refractivity contribution is 7.98. The molecule has 0 aliphatic heterocycles. The van der Waals surface area contributed by atoms with Gasteiger partial charge in [0.2, 0.25) is 0 Å². The second-order valence-corrected chi connectivity index (χ2v) is 6.21. The van der Waals surface area contributed by atoms with Crippen LogP contribution in [0, 0.1) is 0 Å². The molecular weight excluding hydrogens is 238 g/mol. The Balaban J connectivity index is 2.77. The first-order chi connectivity index (χ1) is 8.67. The highest BCUT2D eigenvalue weighted by atomic mass is 32.2. The van der Waals surface area contributed by atoms with Gasteiger partial charge in [0.1, 0.15) is 0 Å². The van der Waals surface area contributed by atoms with Gasteiger partial charge in [0.05, 0.1) is 0 Å². The molecule has 0 unspecified atom stereocenters. The molecule has 18 heavy (non-hydrogen) atoms. The third-order valence-corrected chi connectivity index (χ3v) is 3.87. The first kappa shape index (κ1) is 15.6. The van der Waals surface area contributed by atoms with E-state index in [4.69, 9.17) is 5.73 Å². The molecule has 0 atom stereocenters. The summed E-state index contributed by atoms with van der Waals surface area (Å²) in [5.41, 5.74) is 10.0. The smallest absolute Gasteiger partial charge is 0.00298 e. The maximum Gasteiger partial charge on any atom is -0.00298 e. The lowest BCUT2D eigenvalue weighted by Gasteiger charge is -2.12. The summed E-state index contributed by atoms with van der Waals surface area (Å²) >= 11 is 1.92. The summed E-state index contributed by atoms with van der Waals surface area (Å²) in [4.78, 5) is 0. The van der Waals surface area contributed by atoms with Crippen molar-refractivity contribution in [3.8, 4) is 0 Å². The van der Waals surface area contributed by atoms with Crippen molar-refractivity contribution >= 4 is 11.8 Å². The third-order valence-electron chi connectivity index (χ3n) is 3.26. The Kier molecular flexibility index (Phi) is 7.45. The van der Waals surface area contributed by atoms with Gasteiger partial charge in [0.15, 0.2) is 0 Å². The second kappa shape index (κ2) is 8.60. The SMILES string of the molecule is CSCCc1cc(CCCCN)cc(C(C)C)c1. The predicted molar refractivity (Wildman–Crippen MR) is 84.6 cm³/mol. The van der Waals surface area contributed by atoms with Crippen molar-refractivity contribution in [1.82, 2.24) is 0 Å². The number of rotatable bonds is 8. The Morgan fingerprint density at radius 2 is 1.72 bits per heavy atom. The molecule has 0 saturated carbocycles. The number of benzene rings is 1. The number of thioether (sulfide) groups is 1. The molecule has 0 heterocycles. The molecule has 0 spiro atoms. The summed E-state index contributed by atoms with van der Waals surface area (Å²) < 4.78 is 0. The Hall–Kier alpha value is -0.470. The minimum absolute atomic E-state index is 0.618. The van der Waals surface area contributed by atoms with Crippen LogP contribution < -0.4 is 5.73 Å². The zero-order valence-corrected chi connectivity index (χ0v) is 12.9. The van der Waals surface area contributed by atoms with Crippen molar-refractivity contribution in [3.05, 3.63) is 34.9 Å². The summed E-state index contributed by atoms with van der Waals surface area (Å²) in [6.07, 6.45) is 6.87. The van der Waals surface area contributed by atoms with Crippen molar-refractivity contribution in [2.24, 2.45) is 5.73 Å². The van der Waals surface area contributed by atoms with Crippen LogP contribution in [0.1, 0.15) is 49.3 Å². The Labute approximate surface area is 117 Å². The minimum Gasteiger partial charge on any atom is -0.330 e. The highest BCUT2D eigenvalue weighted by Gasteiger charge is 2.04. The van der Waals surface area contributed by atoms with Crippen LogP contribution in [0.15, 0.2) is 18.2 Å². The largest absolute Gasteiger partial charge is 0.330 e. The highest BCUT2D eigenvalue weighted by Crippen LogP contribution is 2.20. The summed E-state index contributed by atoms with van der Waals surface area (Å²) in [5.74, 6) is 1.83. The second-order valence-electron chi connectivity index (χ2n) is 5.23. The molecule has 2 N–H and O–H groups in total. The van der Waals surface area contributed by atoms with E-state index >= 15 is 0 Å². The molecule has 2 heteroatoms. The number of hydrogen-bond acceptors (Lipinski definition) is 2. The minimum atomic E-state index is 0.618. The molecule has 1 aromatic rings. The van der Waals surface area contributed by atoms with E-state index in [1.807, 2.05) is 11.8 Å². The maximum atomic E-state index is 5.56. The van der Waals surface area contributed by atoms with Gasteiger partial charge < -0.3 is 5.73 Å². The van der Waals surface area contributed by atoms with E-state index in [-0.39, 0.29) is 0 Å². The molecule has 0 bridgehead atoms. The zero-order valence-electron chi connectivity index (χ0n) is 12.0. The van der Waals surface area contributed by atoms with Crippen LogP contribution in [0.5, 0.6) is 0 Å². The van der Waals surface area contributed by atoms with Crippen LogP contribution >= 0.6 is 11.8 Å². The van der Waals surface area contributed by atoms with Gasteiger partial charge in [-0.1, -0.05) is 32.0 Å². The van der Waals surface area contributed by atoms with Crippen LogP contribution in [0.4, 0.5) is 0 Å². The molecule has 1 nitrogen and oxygen atoms in total. The summed E-state index contributed by atoms with van der Waals surface area (Å²) in [7, 11) is 0. The van der Waals surface area contributed by atoms with E-state index in [0.29, 0.717) is 5.92 Å². The average molecular weight is 265 g/mol. The van der Waals surface area contributed by atoms with E-state index in [0.717, 1.165) is 13.0 Å². The molecule has 1 aromatic carbocycles. The Morgan fingerprint density at radius 3 is 2.28 bits per heavy atom. The summed E-state index contributed by atoms with van der Waals surface area (Å²) in [6.45, 7) is 5.36. The molecule has 1 rings (SSSR count). The molecule has 0 aromatic heterocycles. The molecular formula is C16H27NS. The lowest BCUT2D eigenvalue weighted by Crippen LogP contribution is -2.00. The van der Waals surface area contributed by atoms with Gasteiger partial charge in [0, 0.05) is 0 Å².